The van der Waals surface area contributed by atoms with E-state index in [2.05, 4.69) is 20.3 Å². The molecule has 0 aliphatic heterocycles. The van der Waals surface area contributed by atoms with E-state index in [4.69, 9.17) is 4.52 Å². The highest BCUT2D eigenvalue weighted by Gasteiger charge is 2.16. The average Bonchev–Trinajstić information content (AvgIpc) is 3.38. The Morgan fingerprint density at radius 3 is 2.72 bits per heavy atom. The van der Waals surface area contributed by atoms with Gasteiger partial charge in [0.1, 0.15) is 0 Å². The van der Waals surface area contributed by atoms with Gasteiger partial charge in [-0.05, 0) is 24.6 Å². The summed E-state index contributed by atoms with van der Waals surface area (Å²) in [6, 6.07) is 15.3. The van der Waals surface area contributed by atoms with Gasteiger partial charge in [0.2, 0.25) is 17.5 Å². The van der Waals surface area contributed by atoms with Crippen LogP contribution in [0.5, 0.6) is 0 Å². The zero-order chi connectivity index (χ0) is 20.0. The Kier molecular flexibility index (Phi) is 4.17. The molecule has 0 radical (unpaired) electrons. The Balaban J connectivity index is 1.50. The lowest BCUT2D eigenvalue weighted by Gasteiger charge is -2.06. The molecule has 29 heavy (non-hydrogen) atoms. The predicted molar refractivity (Wildman–Crippen MR) is 110 cm³/mol. The summed E-state index contributed by atoms with van der Waals surface area (Å²) in [7, 11) is 1.69. The van der Waals surface area contributed by atoms with Crippen LogP contribution in [-0.4, -0.2) is 29.3 Å². The van der Waals surface area contributed by atoms with Crippen molar-refractivity contribution in [2.24, 2.45) is 7.05 Å². The van der Waals surface area contributed by atoms with Gasteiger partial charge in [-0.15, -0.1) is 10.2 Å². The summed E-state index contributed by atoms with van der Waals surface area (Å²) in [5.41, 5.74) is 2.70. The normalized spacial score (nSPS) is 11.5. The molecule has 9 heteroatoms. The second-order valence-corrected chi connectivity index (χ2v) is 7.56. The van der Waals surface area contributed by atoms with Crippen LogP contribution in [0.4, 0.5) is 0 Å². The summed E-state index contributed by atoms with van der Waals surface area (Å²) in [4.78, 5) is 17.0. The van der Waals surface area contributed by atoms with Crippen LogP contribution in [0.15, 0.2) is 63.0 Å². The lowest BCUT2D eigenvalue weighted by Crippen LogP contribution is -2.20. The van der Waals surface area contributed by atoms with Crippen LogP contribution >= 0.6 is 11.8 Å². The van der Waals surface area contributed by atoms with Crippen molar-refractivity contribution in [3.63, 3.8) is 0 Å². The van der Waals surface area contributed by atoms with Gasteiger partial charge in [0, 0.05) is 12.6 Å². The van der Waals surface area contributed by atoms with Gasteiger partial charge in [-0.1, -0.05) is 53.3 Å². The average molecular weight is 404 g/mol. The van der Waals surface area contributed by atoms with Gasteiger partial charge in [0.15, 0.2) is 5.16 Å². The van der Waals surface area contributed by atoms with E-state index in [1.54, 1.807) is 13.1 Å². The topological polar surface area (TPSA) is 91.1 Å². The van der Waals surface area contributed by atoms with Crippen LogP contribution in [0.25, 0.3) is 28.1 Å². The third-order valence-electron chi connectivity index (χ3n) is 4.78. The molecule has 0 fully saturated rings. The van der Waals surface area contributed by atoms with E-state index in [-0.39, 0.29) is 5.56 Å². The van der Waals surface area contributed by atoms with Crippen molar-refractivity contribution in [1.29, 1.82) is 0 Å². The number of hydrogen-bond donors (Lipinski definition) is 0. The summed E-state index contributed by atoms with van der Waals surface area (Å²) in [6.45, 7) is 2.01. The smallest absolute Gasteiger partial charge is 0.262 e. The highest BCUT2D eigenvalue weighted by Crippen LogP contribution is 2.25. The summed E-state index contributed by atoms with van der Waals surface area (Å²) in [6.07, 6.45) is 0. The van der Waals surface area contributed by atoms with E-state index >= 15 is 0 Å². The second-order valence-electron chi connectivity index (χ2n) is 6.61. The van der Waals surface area contributed by atoms with Crippen LogP contribution in [0.2, 0.25) is 0 Å². The largest absolute Gasteiger partial charge is 0.338 e. The molecular weight excluding hydrogens is 388 g/mol. The molecule has 0 saturated carbocycles. The summed E-state index contributed by atoms with van der Waals surface area (Å²) in [5, 5.41) is 13.8. The number of benzene rings is 2. The second kappa shape index (κ2) is 6.85. The number of para-hydroxylation sites is 1. The fourth-order valence-electron chi connectivity index (χ4n) is 3.28. The van der Waals surface area contributed by atoms with Gasteiger partial charge >= 0.3 is 0 Å². The van der Waals surface area contributed by atoms with Gasteiger partial charge < -0.3 is 4.52 Å². The van der Waals surface area contributed by atoms with Crippen LogP contribution < -0.4 is 5.56 Å². The van der Waals surface area contributed by atoms with Gasteiger partial charge in [-0.3, -0.25) is 13.8 Å². The van der Waals surface area contributed by atoms with Crippen molar-refractivity contribution in [3.8, 4) is 11.4 Å². The molecule has 5 aromatic rings. The van der Waals surface area contributed by atoms with Crippen molar-refractivity contribution in [2.45, 2.75) is 17.8 Å². The zero-order valence-electron chi connectivity index (χ0n) is 15.7. The standard InChI is InChI=1S/C20H16N6O2S/c1-12-7-3-4-8-13(12)17-21-16(28-24-17)11-29-20-23-22-19-25(2)18(27)14-9-5-6-10-15(14)26(19)20/h3-10H,11H2,1-2H3. The molecule has 0 atom stereocenters. The first-order valence-electron chi connectivity index (χ1n) is 8.98. The fourth-order valence-corrected chi connectivity index (χ4v) is 4.06. The van der Waals surface area contributed by atoms with Crippen molar-refractivity contribution >= 4 is 28.4 Å². The van der Waals surface area contributed by atoms with E-state index in [9.17, 15) is 4.79 Å². The number of rotatable bonds is 4. The SMILES string of the molecule is Cc1ccccc1-c1noc(CSc2nnc3n(C)c(=O)c4ccccc4n23)n1. The maximum atomic E-state index is 12.5. The van der Waals surface area contributed by atoms with Gasteiger partial charge in [-0.25, -0.2) is 0 Å². The highest BCUT2D eigenvalue weighted by molar-refractivity contribution is 7.98. The molecule has 3 aromatic heterocycles. The Morgan fingerprint density at radius 1 is 1.07 bits per heavy atom. The Bertz CT molecular complexity index is 1420. The third kappa shape index (κ3) is 2.90. The Hall–Kier alpha value is -3.46. The van der Waals surface area contributed by atoms with Crippen LogP contribution in [0.3, 0.4) is 0 Å². The summed E-state index contributed by atoms with van der Waals surface area (Å²) >= 11 is 1.43. The molecule has 0 aliphatic carbocycles. The molecule has 0 amide bonds. The van der Waals surface area contributed by atoms with Crippen molar-refractivity contribution in [3.05, 3.63) is 70.3 Å². The number of hydrogen-bond acceptors (Lipinski definition) is 7. The van der Waals surface area contributed by atoms with Crippen molar-refractivity contribution < 1.29 is 4.52 Å². The monoisotopic (exact) mass is 404 g/mol. The highest BCUT2D eigenvalue weighted by atomic mass is 32.2. The van der Waals surface area contributed by atoms with Crippen LogP contribution in [0.1, 0.15) is 11.5 Å². The van der Waals surface area contributed by atoms with E-state index in [0.29, 0.717) is 33.8 Å². The molecule has 3 heterocycles. The predicted octanol–water partition coefficient (Wildman–Crippen LogP) is 3.23. The fraction of sp³-hybridized carbons (Fsp3) is 0.150. The molecule has 2 aromatic carbocycles. The molecule has 5 rings (SSSR count). The lowest BCUT2D eigenvalue weighted by atomic mass is 10.1. The first kappa shape index (κ1) is 17.6. The van der Waals surface area contributed by atoms with E-state index in [1.807, 2.05) is 53.8 Å². The minimum absolute atomic E-state index is 0.100. The summed E-state index contributed by atoms with van der Waals surface area (Å²) in [5.74, 6) is 2.00. The van der Waals surface area contributed by atoms with E-state index < -0.39 is 0 Å². The molecule has 0 bridgehead atoms. The minimum atomic E-state index is -0.100. The molecule has 144 valence electrons. The summed E-state index contributed by atoms with van der Waals surface area (Å²) < 4.78 is 8.80. The van der Waals surface area contributed by atoms with E-state index in [0.717, 1.165) is 16.6 Å². The number of fused-ring (bicyclic) bond motifs is 3. The zero-order valence-corrected chi connectivity index (χ0v) is 16.6. The number of thioether (sulfide) groups is 1. The Morgan fingerprint density at radius 2 is 1.86 bits per heavy atom. The molecule has 0 unspecified atom stereocenters. The van der Waals surface area contributed by atoms with Gasteiger partial charge in [0.25, 0.3) is 5.56 Å². The van der Waals surface area contributed by atoms with Gasteiger partial charge in [0.05, 0.1) is 16.7 Å². The Labute approximate surface area is 169 Å². The lowest BCUT2D eigenvalue weighted by molar-refractivity contribution is 0.391. The first-order valence-corrected chi connectivity index (χ1v) is 9.96. The molecular formula is C20H16N6O2S. The quantitative estimate of drug-likeness (QED) is 0.425. The van der Waals surface area contributed by atoms with Gasteiger partial charge in [-0.2, -0.15) is 4.98 Å². The van der Waals surface area contributed by atoms with E-state index in [1.165, 1.54) is 16.3 Å². The molecule has 0 N–H and O–H groups in total. The minimum Gasteiger partial charge on any atom is -0.338 e. The number of aryl methyl sites for hydroxylation is 2. The first-order chi connectivity index (χ1) is 14.1. The third-order valence-corrected chi connectivity index (χ3v) is 5.69. The van der Waals surface area contributed by atoms with Crippen LogP contribution in [-0.2, 0) is 12.8 Å². The number of aromatic nitrogens is 6. The van der Waals surface area contributed by atoms with Crippen molar-refractivity contribution in [2.75, 3.05) is 0 Å². The van der Waals surface area contributed by atoms with Crippen LogP contribution in [0, 0.1) is 6.92 Å². The molecule has 0 spiro atoms. The molecule has 0 aliphatic rings. The number of nitrogens with zero attached hydrogens (tertiary/aromatic N) is 6. The molecule has 8 nitrogen and oxygen atoms in total. The maximum Gasteiger partial charge on any atom is 0.262 e. The maximum absolute atomic E-state index is 12.5. The van der Waals surface area contributed by atoms with Crippen molar-refractivity contribution in [1.82, 2.24) is 29.3 Å². The molecule has 0 saturated heterocycles.